The van der Waals surface area contributed by atoms with Crippen LogP contribution in [0.5, 0.6) is 0 Å². The molecule has 2 aromatic heterocycles. The predicted octanol–water partition coefficient (Wildman–Crippen LogP) is 2.36. The van der Waals surface area contributed by atoms with E-state index in [1.807, 2.05) is 21.8 Å². The first-order valence-electron chi connectivity index (χ1n) is 6.95. The van der Waals surface area contributed by atoms with Gasteiger partial charge < -0.3 is 5.32 Å². The minimum atomic E-state index is 0.418. The van der Waals surface area contributed by atoms with Crippen LogP contribution in [0.2, 0.25) is 0 Å². The summed E-state index contributed by atoms with van der Waals surface area (Å²) in [5, 5.41) is 12.2. The molecule has 0 fully saturated rings. The maximum absolute atomic E-state index is 4.51. The Morgan fingerprint density at radius 1 is 1.32 bits per heavy atom. The molecule has 2 aromatic rings. The third kappa shape index (κ3) is 3.92. The standard InChI is InChI=1S/C14H23N5/c1-4-6-18-11-13(9-16-18)8-15-10-14-5-7-19(17-14)12(2)3/h5,7,9,11-12,15H,4,6,8,10H2,1-3H3. The van der Waals surface area contributed by atoms with Crippen molar-refractivity contribution in [3.63, 3.8) is 0 Å². The summed E-state index contributed by atoms with van der Waals surface area (Å²) < 4.78 is 3.97. The zero-order valence-corrected chi connectivity index (χ0v) is 12.0. The van der Waals surface area contributed by atoms with Crippen molar-refractivity contribution in [2.24, 2.45) is 0 Å². The molecule has 0 amide bonds. The van der Waals surface area contributed by atoms with Gasteiger partial charge in [-0.05, 0) is 26.3 Å². The predicted molar refractivity (Wildman–Crippen MR) is 75.7 cm³/mol. The zero-order valence-electron chi connectivity index (χ0n) is 12.0. The Morgan fingerprint density at radius 2 is 2.16 bits per heavy atom. The molecule has 0 bridgehead atoms. The van der Waals surface area contributed by atoms with Crippen molar-refractivity contribution in [3.8, 4) is 0 Å². The summed E-state index contributed by atoms with van der Waals surface area (Å²) in [6.07, 6.45) is 7.17. The lowest BCUT2D eigenvalue weighted by Gasteiger charge is -2.04. The highest BCUT2D eigenvalue weighted by Crippen LogP contribution is 2.04. The van der Waals surface area contributed by atoms with Gasteiger partial charge in [-0.15, -0.1) is 0 Å². The molecule has 0 atom stereocenters. The van der Waals surface area contributed by atoms with E-state index in [1.54, 1.807) is 0 Å². The van der Waals surface area contributed by atoms with Crippen LogP contribution in [0.15, 0.2) is 24.7 Å². The highest BCUT2D eigenvalue weighted by atomic mass is 15.3. The summed E-state index contributed by atoms with van der Waals surface area (Å²) in [7, 11) is 0. The molecule has 0 radical (unpaired) electrons. The molecule has 104 valence electrons. The van der Waals surface area contributed by atoms with Gasteiger partial charge in [-0.1, -0.05) is 6.92 Å². The first-order valence-corrected chi connectivity index (χ1v) is 6.95. The van der Waals surface area contributed by atoms with Crippen molar-refractivity contribution in [3.05, 3.63) is 35.9 Å². The lowest BCUT2D eigenvalue weighted by Crippen LogP contribution is -2.13. The maximum Gasteiger partial charge on any atom is 0.0762 e. The topological polar surface area (TPSA) is 47.7 Å². The fraction of sp³-hybridized carbons (Fsp3) is 0.571. The molecule has 0 aromatic carbocycles. The molecule has 0 saturated carbocycles. The van der Waals surface area contributed by atoms with Gasteiger partial charge in [0.15, 0.2) is 0 Å². The average molecular weight is 261 g/mol. The number of aromatic nitrogens is 4. The molecule has 2 heterocycles. The van der Waals surface area contributed by atoms with Crippen LogP contribution in [0.4, 0.5) is 0 Å². The maximum atomic E-state index is 4.51. The van der Waals surface area contributed by atoms with Crippen LogP contribution in [-0.4, -0.2) is 19.6 Å². The lowest BCUT2D eigenvalue weighted by molar-refractivity contribution is 0.521. The largest absolute Gasteiger partial charge is 0.307 e. The molecule has 0 aliphatic rings. The van der Waals surface area contributed by atoms with Gasteiger partial charge >= 0.3 is 0 Å². The van der Waals surface area contributed by atoms with Crippen LogP contribution in [0.3, 0.4) is 0 Å². The van der Waals surface area contributed by atoms with Crippen molar-refractivity contribution < 1.29 is 0 Å². The molecule has 1 N–H and O–H groups in total. The lowest BCUT2D eigenvalue weighted by atomic mass is 10.3. The summed E-state index contributed by atoms with van der Waals surface area (Å²) in [4.78, 5) is 0. The monoisotopic (exact) mass is 261 g/mol. The van der Waals surface area contributed by atoms with E-state index in [4.69, 9.17) is 0 Å². The highest BCUT2D eigenvalue weighted by molar-refractivity contribution is 5.04. The Balaban J connectivity index is 1.78. The van der Waals surface area contributed by atoms with Gasteiger partial charge in [-0.3, -0.25) is 9.36 Å². The number of rotatable bonds is 7. The van der Waals surface area contributed by atoms with E-state index in [-0.39, 0.29) is 0 Å². The van der Waals surface area contributed by atoms with Crippen molar-refractivity contribution >= 4 is 0 Å². The average Bonchev–Trinajstić information content (AvgIpc) is 2.99. The molecule has 2 rings (SSSR count). The number of aryl methyl sites for hydroxylation is 1. The minimum absolute atomic E-state index is 0.418. The molecule has 0 spiro atoms. The van der Waals surface area contributed by atoms with Crippen LogP contribution in [-0.2, 0) is 19.6 Å². The van der Waals surface area contributed by atoms with Crippen LogP contribution in [0.25, 0.3) is 0 Å². The van der Waals surface area contributed by atoms with E-state index in [1.165, 1.54) is 5.56 Å². The smallest absolute Gasteiger partial charge is 0.0762 e. The van der Waals surface area contributed by atoms with E-state index in [9.17, 15) is 0 Å². The third-order valence-corrected chi connectivity index (χ3v) is 2.97. The Labute approximate surface area is 114 Å². The number of hydrogen-bond donors (Lipinski definition) is 1. The number of nitrogens with one attached hydrogen (secondary N) is 1. The molecule has 0 aliphatic carbocycles. The number of hydrogen-bond acceptors (Lipinski definition) is 3. The fourth-order valence-electron chi connectivity index (χ4n) is 1.94. The van der Waals surface area contributed by atoms with Gasteiger partial charge in [0.25, 0.3) is 0 Å². The van der Waals surface area contributed by atoms with Gasteiger partial charge in [0.2, 0.25) is 0 Å². The van der Waals surface area contributed by atoms with Gasteiger partial charge in [0.1, 0.15) is 0 Å². The Bertz CT molecular complexity index is 497. The fourth-order valence-corrected chi connectivity index (χ4v) is 1.94. The van der Waals surface area contributed by atoms with Crippen molar-refractivity contribution in [1.29, 1.82) is 0 Å². The molecular weight excluding hydrogens is 238 g/mol. The molecule has 0 aliphatic heterocycles. The highest BCUT2D eigenvalue weighted by Gasteiger charge is 2.02. The van der Waals surface area contributed by atoms with Gasteiger partial charge in [0.05, 0.1) is 11.9 Å². The Kier molecular flexibility index (Phi) is 4.74. The van der Waals surface area contributed by atoms with Crippen LogP contribution < -0.4 is 5.32 Å². The van der Waals surface area contributed by atoms with E-state index in [0.29, 0.717) is 6.04 Å². The normalized spacial score (nSPS) is 11.4. The van der Waals surface area contributed by atoms with Crippen LogP contribution in [0, 0.1) is 0 Å². The van der Waals surface area contributed by atoms with Crippen molar-refractivity contribution in [2.75, 3.05) is 0 Å². The molecule has 0 saturated heterocycles. The molecule has 19 heavy (non-hydrogen) atoms. The summed E-state index contributed by atoms with van der Waals surface area (Å²) in [6, 6.07) is 2.48. The van der Waals surface area contributed by atoms with Crippen LogP contribution >= 0.6 is 0 Å². The van der Waals surface area contributed by atoms with E-state index in [0.717, 1.165) is 31.7 Å². The second kappa shape index (κ2) is 6.52. The van der Waals surface area contributed by atoms with Gasteiger partial charge in [-0.2, -0.15) is 10.2 Å². The summed E-state index contributed by atoms with van der Waals surface area (Å²) in [5.74, 6) is 0. The van der Waals surface area contributed by atoms with Crippen LogP contribution in [0.1, 0.15) is 44.5 Å². The van der Waals surface area contributed by atoms with E-state index >= 15 is 0 Å². The first kappa shape index (κ1) is 13.8. The number of nitrogens with zero attached hydrogens (tertiary/aromatic N) is 4. The minimum Gasteiger partial charge on any atom is -0.307 e. The van der Waals surface area contributed by atoms with Gasteiger partial charge in [-0.25, -0.2) is 0 Å². The van der Waals surface area contributed by atoms with E-state index < -0.39 is 0 Å². The summed E-state index contributed by atoms with van der Waals surface area (Å²) >= 11 is 0. The molecule has 0 unspecified atom stereocenters. The van der Waals surface area contributed by atoms with Gasteiger partial charge in [0, 0.05) is 43.6 Å². The van der Waals surface area contributed by atoms with E-state index in [2.05, 4.69) is 48.5 Å². The van der Waals surface area contributed by atoms with Crippen molar-refractivity contribution in [1.82, 2.24) is 24.9 Å². The second-order valence-corrected chi connectivity index (χ2v) is 5.10. The third-order valence-electron chi connectivity index (χ3n) is 2.97. The molecule has 5 heteroatoms. The summed E-state index contributed by atoms with van der Waals surface area (Å²) in [6.45, 7) is 9.03. The molecular formula is C14H23N5. The van der Waals surface area contributed by atoms with Crippen molar-refractivity contribution in [2.45, 2.75) is 52.9 Å². The second-order valence-electron chi connectivity index (χ2n) is 5.10. The quantitative estimate of drug-likeness (QED) is 0.832. The zero-order chi connectivity index (χ0) is 13.7. The summed E-state index contributed by atoms with van der Waals surface area (Å²) in [5.41, 5.74) is 2.30. The molecule has 5 nitrogen and oxygen atoms in total. The Morgan fingerprint density at radius 3 is 2.84 bits per heavy atom. The first-order chi connectivity index (χ1) is 9.19. The SMILES string of the molecule is CCCn1cc(CNCc2ccn(C(C)C)n2)cn1. The Hall–Kier alpha value is -1.62.